The first-order valence-electron chi connectivity index (χ1n) is 6.14. The van der Waals surface area contributed by atoms with Crippen molar-refractivity contribution in [3.05, 3.63) is 28.8 Å². The molecular weight excluding hydrogens is 228 g/mol. The maximum atomic E-state index is 10.7. The normalized spacial score (nSPS) is 11.4. The minimum Gasteiger partial charge on any atom is -0.493 e. The average molecular weight is 250 g/mol. The number of benzene rings is 1. The van der Waals surface area contributed by atoms with Crippen LogP contribution in [0.3, 0.4) is 0 Å². The van der Waals surface area contributed by atoms with Crippen molar-refractivity contribution in [1.29, 1.82) is 0 Å². The highest BCUT2D eigenvalue weighted by Gasteiger charge is 2.16. The Balaban J connectivity index is 2.71. The lowest BCUT2D eigenvalue weighted by atomic mass is 10.1. The summed E-state index contributed by atoms with van der Waals surface area (Å²) in [5.41, 5.74) is 2.50. The molecule has 0 N–H and O–H groups in total. The lowest BCUT2D eigenvalue weighted by Crippen LogP contribution is -2.25. The average Bonchev–Trinajstić information content (AvgIpc) is 2.32. The summed E-state index contributed by atoms with van der Waals surface area (Å²) in [6.45, 7) is 8.58. The topological polar surface area (TPSA) is 35.5 Å². The number of aryl methyl sites for hydroxylation is 2. The molecule has 0 amide bonds. The molecule has 1 aromatic rings. The van der Waals surface area contributed by atoms with Gasteiger partial charge in [0.05, 0.1) is 12.2 Å². The Bertz CT molecular complexity index is 399. The summed E-state index contributed by atoms with van der Waals surface area (Å²) in [5, 5.41) is 0. The molecule has 0 bridgehead atoms. The second kappa shape index (κ2) is 6.01. The Kier molecular flexibility index (Phi) is 4.91. The molecule has 1 aromatic carbocycles. The van der Waals surface area contributed by atoms with Crippen LogP contribution in [0.4, 0.5) is 0 Å². The third kappa shape index (κ3) is 3.84. The maximum Gasteiger partial charge on any atom is 0.150 e. The Hall–Kier alpha value is -1.35. The summed E-state index contributed by atoms with van der Waals surface area (Å²) in [6, 6.07) is 3.69. The van der Waals surface area contributed by atoms with Crippen molar-refractivity contribution < 1.29 is 14.3 Å². The monoisotopic (exact) mass is 250 g/mol. The van der Waals surface area contributed by atoms with Crippen molar-refractivity contribution >= 4 is 6.29 Å². The highest BCUT2D eigenvalue weighted by atomic mass is 16.5. The number of rotatable bonds is 6. The Morgan fingerprint density at radius 1 is 1.22 bits per heavy atom. The zero-order chi connectivity index (χ0) is 13.8. The van der Waals surface area contributed by atoms with Crippen LogP contribution < -0.4 is 4.74 Å². The highest BCUT2D eigenvalue weighted by Crippen LogP contribution is 2.25. The van der Waals surface area contributed by atoms with Gasteiger partial charge in [-0.1, -0.05) is 0 Å². The fourth-order valence-corrected chi connectivity index (χ4v) is 1.78. The molecule has 3 heteroatoms. The molecule has 0 aliphatic heterocycles. The number of ether oxygens (including phenoxy) is 2. The van der Waals surface area contributed by atoms with Gasteiger partial charge in [0, 0.05) is 19.1 Å². The van der Waals surface area contributed by atoms with Crippen LogP contribution in [-0.4, -0.2) is 25.6 Å². The molecule has 0 radical (unpaired) electrons. The Morgan fingerprint density at radius 3 is 2.22 bits per heavy atom. The smallest absolute Gasteiger partial charge is 0.150 e. The number of carbonyl (C=O) groups is 1. The molecule has 0 saturated carbocycles. The predicted molar refractivity (Wildman–Crippen MR) is 72.5 cm³/mol. The molecule has 0 spiro atoms. The SMILES string of the molecule is COC(C)(C)CCOc1c(C)cc(C=O)cc1C. The van der Waals surface area contributed by atoms with Gasteiger partial charge in [0.2, 0.25) is 0 Å². The molecule has 0 heterocycles. The second-order valence-corrected chi connectivity index (χ2v) is 5.16. The van der Waals surface area contributed by atoms with Gasteiger partial charge in [0.25, 0.3) is 0 Å². The van der Waals surface area contributed by atoms with E-state index < -0.39 is 0 Å². The quantitative estimate of drug-likeness (QED) is 0.727. The molecule has 1 rings (SSSR count). The van der Waals surface area contributed by atoms with Crippen molar-refractivity contribution in [1.82, 2.24) is 0 Å². The van der Waals surface area contributed by atoms with E-state index in [-0.39, 0.29) is 5.60 Å². The molecule has 3 nitrogen and oxygen atoms in total. The Labute approximate surface area is 109 Å². The van der Waals surface area contributed by atoms with Gasteiger partial charge in [-0.25, -0.2) is 0 Å². The van der Waals surface area contributed by atoms with Gasteiger partial charge in [0.1, 0.15) is 12.0 Å². The molecule has 0 saturated heterocycles. The van der Waals surface area contributed by atoms with Gasteiger partial charge in [-0.15, -0.1) is 0 Å². The van der Waals surface area contributed by atoms with Crippen molar-refractivity contribution in [2.75, 3.05) is 13.7 Å². The molecule has 0 aliphatic rings. The molecule has 100 valence electrons. The van der Waals surface area contributed by atoms with Crippen LogP contribution >= 0.6 is 0 Å². The van der Waals surface area contributed by atoms with E-state index in [1.807, 2.05) is 39.8 Å². The van der Waals surface area contributed by atoms with Crippen LogP contribution in [0.1, 0.15) is 41.8 Å². The second-order valence-electron chi connectivity index (χ2n) is 5.16. The number of hydrogen-bond donors (Lipinski definition) is 0. The fraction of sp³-hybridized carbons (Fsp3) is 0.533. The van der Waals surface area contributed by atoms with Gasteiger partial charge >= 0.3 is 0 Å². The summed E-state index contributed by atoms with van der Waals surface area (Å²) in [6.07, 6.45) is 1.68. The number of aldehydes is 1. The fourth-order valence-electron chi connectivity index (χ4n) is 1.78. The van der Waals surface area contributed by atoms with Crippen molar-refractivity contribution in [3.8, 4) is 5.75 Å². The molecular formula is C15H22O3. The minimum absolute atomic E-state index is 0.176. The Morgan fingerprint density at radius 2 is 1.78 bits per heavy atom. The van der Waals surface area contributed by atoms with Crippen LogP contribution in [-0.2, 0) is 4.74 Å². The largest absolute Gasteiger partial charge is 0.493 e. The van der Waals surface area contributed by atoms with Crippen LogP contribution in [0, 0.1) is 13.8 Å². The van der Waals surface area contributed by atoms with Gasteiger partial charge in [-0.05, 0) is 51.0 Å². The first kappa shape index (κ1) is 14.7. The van der Waals surface area contributed by atoms with Gasteiger partial charge in [-0.3, -0.25) is 4.79 Å². The van der Waals surface area contributed by atoms with E-state index >= 15 is 0 Å². The highest BCUT2D eigenvalue weighted by molar-refractivity contribution is 5.76. The van der Waals surface area contributed by atoms with E-state index in [0.29, 0.717) is 12.2 Å². The zero-order valence-electron chi connectivity index (χ0n) is 11.9. The molecule has 0 aliphatic carbocycles. The van der Waals surface area contributed by atoms with Crippen LogP contribution in [0.15, 0.2) is 12.1 Å². The van der Waals surface area contributed by atoms with E-state index in [1.165, 1.54) is 0 Å². The van der Waals surface area contributed by atoms with Crippen LogP contribution in [0.2, 0.25) is 0 Å². The first-order valence-corrected chi connectivity index (χ1v) is 6.14. The van der Waals surface area contributed by atoms with Crippen LogP contribution in [0.25, 0.3) is 0 Å². The predicted octanol–water partition coefficient (Wildman–Crippen LogP) is 3.31. The van der Waals surface area contributed by atoms with Gasteiger partial charge in [-0.2, -0.15) is 0 Å². The summed E-state index contributed by atoms with van der Waals surface area (Å²) in [4.78, 5) is 10.7. The maximum absolute atomic E-state index is 10.7. The van der Waals surface area contributed by atoms with E-state index in [0.717, 1.165) is 29.6 Å². The number of methoxy groups -OCH3 is 1. The summed E-state index contributed by atoms with van der Waals surface area (Å²) in [7, 11) is 1.70. The summed E-state index contributed by atoms with van der Waals surface area (Å²) >= 11 is 0. The van der Waals surface area contributed by atoms with Crippen molar-refractivity contribution in [2.24, 2.45) is 0 Å². The molecule has 0 aromatic heterocycles. The minimum atomic E-state index is -0.176. The lowest BCUT2D eigenvalue weighted by molar-refractivity contribution is 0.00534. The standard InChI is InChI=1S/C15H22O3/c1-11-8-13(10-16)9-12(2)14(11)18-7-6-15(3,4)17-5/h8-10H,6-7H2,1-5H3. The third-order valence-corrected chi connectivity index (χ3v) is 3.12. The van der Waals surface area contributed by atoms with E-state index in [4.69, 9.17) is 9.47 Å². The van der Waals surface area contributed by atoms with Crippen LogP contribution in [0.5, 0.6) is 5.75 Å². The summed E-state index contributed by atoms with van der Waals surface area (Å²) in [5.74, 6) is 0.868. The van der Waals surface area contributed by atoms with E-state index in [1.54, 1.807) is 7.11 Å². The molecule has 0 atom stereocenters. The number of hydrogen-bond acceptors (Lipinski definition) is 3. The first-order chi connectivity index (χ1) is 8.39. The molecule has 0 fully saturated rings. The van der Waals surface area contributed by atoms with Crippen molar-refractivity contribution in [2.45, 2.75) is 39.7 Å². The van der Waals surface area contributed by atoms with Gasteiger partial charge < -0.3 is 9.47 Å². The molecule has 18 heavy (non-hydrogen) atoms. The molecule has 0 unspecified atom stereocenters. The van der Waals surface area contributed by atoms with E-state index in [9.17, 15) is 4.79 Å². The third-order valence-electron chi connectivity index (χ3n) is 3.12. The van der Waals surface area contributed by atoms with E-state index in [2.05, 4.69) is 0 Å². The lowest BCUT2D eigenvalue weighted by Gasteiger charge is -2.23. The zero-order valence-corrected chi connectivity index (χ0v) is 11.9. The van der Waals surface area contributed by atoms with Crippen molar-refractivity contribution in [3.63, 3.8) is 0 Å². The summed E-state index contributed by atoms with van der Waals surface area (Å²) < 4.78 is 11.2. The number of carbonyl (C=O) groups excluding carboxylic acids is 1. The van der Waals surface area contributed by atoms with Gasteiger partial charge in [0.15, 0.2) is 0 Å².